The lowest BCUT2D eigenvalue weighted by Crippen LogP contribution is -2.35. The van der Waals surface area contributed by atoms with Crippen LogP contribution in [0.2, 0.25) is 10.0 Å². The molecule has 3 N–H and O–H groups in total. The molecule has 3 aromatic rings. The maximum atomic E-state index is 12.1. The number of nitrogens with zero attached hydrogens (tertiary/aromatic N) is 4. The molecule has 3 rings (SSSR count). The molecule has 11 nitrogen and oxygen atoms in total. The van der Waals surface area contributed by atoms with Gasteiger partial charge in [-0.3, -0.25) is 9.78 Å². The largest absolute Gasteiger partial charge is 0.504 e. The normalized spacial score (nSPS) is 14.8. The van der Waals surface area contributed by atoms with Crippen molar-refractivity contribution in [3.63, 3.8) is 0 Å². The molecule has 0 amide bonds. The number of aromatic amines is 1. The van der Waals surface area contributed by atoms with Crippen molar-refractivity contribution in [1.82, 2.24) is 24.7 Å². The van der Waals surface area contributed by atoms with Gasteiger partial charge in [-0.1, -0.05) is 36.9 Å². The van der Waals surface area contributed by atoms with Crippen molar-refractivity contribution in [2.45, 2.75) is 19.6 Å². The number of rotatable bonds is 5. The van der Waals surface area contributed by atoms with Crippen LogP contribution in [0.25, 0.3) is 5.69 Å². The maximum absolute atomic E-state index is 12.1. The van der Waals surface area contributed by atoms with Crippen LogP contribution in [-0.2, 0) is 0 Å². The Morgan fingerprint density at radius 3 is 2.57 bits per heavy atom. The molecule has 0 fully saturated rings. The molecule has 0 bridgehead atoms. The van der Waals surface area contributed by atoms with Crippen molar-refractivity contribution in [3.05, 3.63) is 60.6 Å². The third-order valence-corrected chi connectivity index (χ3v) is 4.06. The third-order valence-electron chi connectivity index (χ3n) is 3.50. The molecular weight excluding hydrogens is 441 g/mol. The van der Waals surface area contributed by atoms with E-state index in [1.807, 2.05) is 0 Å². The molecule has 0 saturated heterocycles. The van der Waals surface area contributed by atoms with Crippen LogP contribution in [0.3, 0.4) is 0 Å². The van der Waals surface area contributed by atoms with Crippen LogP contribution in [0, 0.1) is 0 Å². The van der Waals surface area contributed by atoms with E-state index < -0.39 is 60.0 Å². The number of aromatic carboxylic acids is 1. The number of benzene rings is 1. The highest BCUT2D eigenvalue weighted by molar-refractivity contribution is 6.37. The van der Waals surface area contributed by atoms with E-state index in [-0.39, 0.29) is 21.5 Å². The molecule has 1 aromatic carbocycles. The summed E-state index contributed by atoms with van der Waals surface area (Å²) in [6.45, 7) is -6.14. The molecule has 2 aromatic heterocycles. The van der Waals surface area contributed by atoms with Crippen LogP contribution in [0.15, 0.2) is 27.9 Å². The van der Waals surface area contributed by atoms with Gasteiger partial charge in [-0.25, -0.2) is 9.59 Å². The van der Waals surface area contributed by atoms with Crippen molar-refractivity contribution >= 4 is 29.2 Å². The quantitative estimate of drug-likeness (QED) is 0.519. The highest BCUT2D eigenvalue weighted by atomic mass is 35.5. The summed E-state index contributed by atoms with van der Waals surface area (Å²) in [6, 6.07) is 1.51. The van der Waals surface area contributed by atoms with E-state index in [1.165, 1.54) is 0 Å². The first-order chi connectivity index (χ1) is 16.5. The summed E-state index contributed by atoms with van der Waals surface area (Å²) in [6.07, 6.45) is 0.732. The van der Waals surface area contributed by atoms with Crippen LogP contribution < -0.4 is 16.0 Å². The highest BCUT2D eigenvalue weighted by Crippen LogP contribution is 2.37. The minimum atomic E-state index is -3.07. The predicted octanol–water partition coefficient (Wildman–Crippen LogP) is 2.34. The summed E-state index contributed by atoms with van der Waals surface area (Å²) in [5.74, 6) is -5.00. The number of hydrogen-bond donors (Lipinski definition) is 3. The first-order valence-electron chi connectivity index (χ1n) is 10.7. The van der Waals surface area contributed by atoms with Crippen molar-refractivity contribution in [2.24, 2.45) is 0 Å². The van der Waals surface area contributed by atoms with E-state index in [9.17, 15) is 19.5 Å². The number of carboxylic acids is 1. The van der Waals surface area contributed by atoms with Gasteiger partial charge in [-0.05, 0) is 18.1 Å². The Morgan fingerprint density at radius 2 is 1.97 bits per heavy atom. The van der Waals surface area contributed by atoms with Crippen molar-refractivity contribution < 1.29 is 28.0 Å². The molecule has 2 heterocycles. The summed E-state index contributed by atoms with van der Waals surface area (Å²) in [7, 11) is 0. The minimum absolute atomic E-state index is 0.168. The standard InChI is InChI=1S/C17H13Cl2N5O6/c1-6(2)11-10(25)5-20-16(21-11)30-13-8(18)3-7(4-9(13)19)24-17(29)22-14(26)12(23-24)15(27)28/h3-6,25H,1-2H3,(H,27,28)(H,22,26,29)/i1D3,2D3. The van der Waals surface area contributed by atoms with Crippen LogP contribution in [-0.4, -0.2) is 40.9 Å². The van der Waals surface area contributed by atoms with Gasteiger partial charge in [0.05, 0.1) is 27.6 Å². The molecular formula is C17H13Cl2N5O6. The predicted molar refractivity (Wildman–Crippen MR) is 105 cm³/mol. The number of carbonyl (C=O) groups is 1. The number of carboxylic acid groups (broad SMARTS) is 1. The lowest BCUT2D eigenvalue weighted by molar-refractivity contribution is 0.0685. The fourth-order valence-electron chi connectivity index (χ4n) is 2.21. The lowest BCUT2D eigenvalue weighted by atomic mass is 10.1. The SMILES string of the molecule is [2H]C([2H])([2H])C(c1nc(Oc2c(Cl)cc(-n3nc(C(=O)O)c(=O)[nH]c3=O)cc2Cl)ncc1O)C([2H])([2H])[2H]. The Labute approximate surface area is 186 Å². The molecule has 0 aliphatic rings. The van der Waals surface area contributed by atoms with E-state index >= 15 is 0 Å². The topological polar surface area (TPSA) is 160 Å². The van der Waals surface area contributed by atoms with Gasteiger partial charge < -0.3 is 14.9 Å². The zero-order chi connectivity index (χ0) is 27.2. The summed E-state index contributed by atoms with van der Waals surface area (Å²) in [4.78, 5) is 44.0. The molecule has 156 valence electrons. The van der Waals surface area contributed by atoms with Crippen LogP contribution in [0.1, 0.15) is 44.0 Å². The number of aromatic hydroxyl groups is 1. The van der Waals surface area contributed by atoms with Gasteiger partial charge in [0.15, 0.2) is 11.5 Å². The monoisotopic (exact) mass is 459 g/mol. The minimum Gasteiger partial charge on any atom is -0.504 e. The van der Waals surface area contributed by atoms with Crippen molar-refractivity contribution in [2.75, 3.05) is 0 Å². The van der Waals surface area contributed by atoms with Crippen LogP contribution in [0.5, 0.6) is 17.5 Å². The summed E-state index contributed by atoms with van der Waals surface area (Å²) in [5.41, 5.74) is -4.20. The van der Waals surface area contributed by atoms with E-state index in [4.69, 9.17) is 41.3 Å². The van der Waals surface area contributed by atoms with Gasteiger partial charge in [-0.15, -0.1) is 0 Å². The average Bonchev–Trinajstić information content (AvgIpc) is 2.70. The third kappa shape index (κ3) is 4.11. The first-order valence-corrected chi connectivity index (χ1v) is 8.46. The van der Waals surface area contributed by atoms with E-state index in [0.29, 0.717) is 4.68 Å². The average molecular weight is 460 g/mol. The summed E-state index contributed by atoms with van der Waals surface area (Å²) in [5, 5.41) is 22.0. The highest BCUT2D eigenvalue weighted by Gasteiger charge is 2.19. The number of aromatic nitrogens is 5. The zero-order valence-corrected chi connectivity index (χ0v) is 15.9. The molecule has 30 heavy (non-hydrogen) atoms. The van der Waals surface area contributed by atoms with Gasteiger partial charge in [0.1, 0.15) is 0 Å². The molecule has 13 heteroatoms. The smallest absolute Gasteiger partial charge is 0.362 e. The van der Waals surface area contributed by atoms with E-state index in [1.54, 1.807) is 4.98 Å². The molecule has 0 radical (unpaired) electrons. The first kappa shape index (κ1) is 14.5. The van der Waals surface area contributed by atoms with E-state index in [2.05, 4.69) is 15.1 Å². The van der Waals surface area contributed by atoms with Gasteiger partial charge in [0, 0.05) is 8.22 Å². The Morgan fingerprint density at radius 1 is 1.30 bits per heavy atom. The second kappa shape index (κ2) is 8.13. The second-order valence-electron chi connectivity index (χ2n) is 5.52. The molecule has 0 unspecified atom stereocenters. The number of halogens is 2. The second-order valence-corrected chi connectivity index (χ2v) is 6.34. The number of H-pyrrole nitrogens is 1. The van der Waals surface area contributed by atoms with Crippen LogP contribution >= 0.6 is 23.2 Å². The van der Waals surface area contributed by atoms with Gasteiger partial charge in [-0.2, -0.15) is 19.7 Å². The molecule has 0 aliphatic heterocycles. The Hall–Kier alpha value is -3.44. The Balaban J connectivity index is 2.06. The van der Waals surface area contributed by atoms with Gasteiger partial charge in [0.2, 0.25) is 5.69 Å². The summed E-state index contributed by atoms with van der Waals surface area (Å²) >= 11 is 12.3. The van der Waals surface area contributed by atoms with Crippen LogP contribution in [0.4, 0.5) is 0 Å². The van der Waals surface area contributed by atoms with Crippen molar-refractivity contribution in [3.8, 4) is 23.2 Å². The van der Waals surface area contributed by atoms with E-state index in [0.717, 1.165) is 18.3 Å². The zero-order valence-electron chi connectivity index (χ0n) is 20.4. The van der Waals surface area contributed by atoms with Gasteiger partial charge in [0.25, 0.3) is 5.56 Å². The van der Waals surface area contributed by atoms with Crippen molar-refractivity contribution in [1.29, 1.82) is 0 Å². The number of ether oxygens (including phenoxy) is 1. The number of nitrogens with one attached hydrogen (secondary N) is 1. The molecule has 0 atom stereocenters. The number of hydrogen-bond acceptors (Lipinski definition) is 8. The fraction of sp³-hybridized carbons (Fsp3) is 0.176. The fourth-order valence-corrected chi connectivity index (χ4v) is 2.76. The molecule has 0 aliphatic carbocycles. The summed E-state index contributed by atoms with van der Waals surface area (Å²) < 4.78 is 51.2. The maximum Gasteiger partial charge on any atom is 0.362 e. The Kier molecular flexibility index (Phi) is 3.93. The molecule has 0 spiro atoms. The lowest BCUT2D eigenvalue weighted by Gasteiger charge is -2.13. The van der Waals surface area contributed by atoms with Gasteiger partial charge >= 0.3 is 17.7 Å². The Bertz CT molecular complexity index is 1440. The molecule has 0 saturated carbocycles.